The number of hydrogen-bond donors (Lipinski definition) is 4. The monoisotopic (exact) mass is 367 g/mol. The molecule has 23 heavy (non-hydrogen) atoms. The van der Waals surface area contributed by atoms with Gasteiger partial charge in [-0.2, -0.15) is 0 Å². The normalized spacial score (nSPS) is 13.0. The molecule has 0 radical (unpaired) electrons. The molecule has 0 aromatic carbocycles. The molecule has 1 unspecified atom stereocenters. The van der Waals surface area contributed by atoms with E-state index in [-0.39, 0.29) is 12.3 Å². The topological polar surface area (TPSA) is 122 Å². The van der Waals surface area contributed by atoms with Crippen molar-refractivity contribution in [2.24, 2.45) is 5.73 Å². The molecule has 0 amide bonds. The zero-order valence-electron chi connectivity index (χ0n) is 15.0. The first-order valence-corrected chi connectivity index (χ1v) is 12.4. The molecule has 0 saturated heterocycles. The van der Waals surface area contributed by atoms with E-state index in [1.165, 1.54) is 0 Å². The molecule has 0 fully saturated rings. The summed E-state index contributed by atoms with van der Waals surface area (Å²) in [5, 5.41) is 25.0. The van der Waals surface area contributed by atoms with Gasteiger partial charge in [-0.1, -0.05) is 12.6 Å². The molecule has 0 aromatic rings. The lowest BCUT2D eigenvalue weighted by molar-refractivity contribution is -0.160. The molecule has 0 heterocycles. The highest BCUT2D eigenvalue weighted by molar-refractivity contribution is 6.69. The van der Waals surface area contributed by atoms with Crippen LogP contribution in [0.25, 0.3) is 0 Å². The summed E-state index contributed by atoms with van der Waals surface area (Å²) in [4.78, 5) is 11.3. The Labute approximate surface area is 143 Å². The number of hydrogen-bond acceptors (Lipinski definition) is 7. The molecule has 0 aliphatic heterocycles. The fourth-order valence-electron chi connectivity index (χ4n) is 1.14. The van der Waals surface area contributed by atoms with Gasteiger partial charge in [0.25, 0.3) is 0 Å². The average molecular weight is 368 g/mol. The third-order valence-electron chi connectivity index (χ3n) is 2.54. The van der Waals surface area contributed by atoms with Crippen LogP contribution in [0.5, 0.6) is 0 Å². The van der Waals surface area contributed by atoms with Crippen LogP contribution < -0.4 is 5.73 Å². The largest absolute Gasteiger partial charge is 0.433 e. The van der Waals surface area contributed by atoms with Crippen LogP contribution in [0.1, 0.15) is 13.3 Å². The number of carbonyl (C=O) groups excluding carboxylic acids is 1. The van der Waals surface area contributed by atoms with Gasteiger partial charge in [-0.15, -0.1) is 0 Å². The summed E-state index contributed by atoms with van der Waals surface area (Å²) in [5.74, 6) is -0.353. The molecule has 0 aliphatic carbocycles. The van der Waals surface area contributed by atoms with E-state index in [1.54, 1.807) is 6.92 Å². The molecule has 9 heteroatoms. The summed E-state index contributed by atoms with van der Waals surface area (Å²) in [5.41, 5.74) is 4.36. The molecule has 7 nitrogen and oxygen atoms in total. The zero-order chi connectivity index (χ0) is 18.7. The van der Waals surface area contributed by atoms with E-state index in [2.05, 4.69) is 26.2 Å². The van der Waals surface area contributed by atoms with Crippen molar-refractivity contribution in [3.63, 3.8) is 0 Å². The maximum absolute atomic E-state index is 11.3. The molecule has 5 N–H and O–H groups in total. The van der Waals surface area contributed by atoms with Crippen LogP contribution in [0, 0.1) is 0 Å². The van der Waals surface area contributed by atoms with Crippen LogP contribution in [0.3, 0.4) is 0 Å². The molecule has 0 rings (SSSR count). The summed E-state index contributed by atoms with van der Waals surface area (Å²) in [6.07, 6.45) is 0.425. The Morgan fingerprint density at radius 3 is 1.91 bits per heavy atom. The molecule has 0 saturated carbocycles. The van der Waals surface area contributed by atoms with E-state index in [1.807, 2.05) is 0 Å². The number of ether oxygens (including phenoxy) is 1. The van der Waals surface area contributed by atoms with Crippen LogP contribution in [0.15, 0.2) is 12.2 Å². The lowest BCUT2D eigenvalue weighted by Gasteiger charge is -2.25. The smallest absolute Gasteiger partial charge is 0.335 e. The molecule has 1 atom stereocenters. The summed E-state index contributed by atoms with van der Waals surface area (Å²) >= 11 is 0. The van der Waals surface area contributed by atoms with Gasteiger partial charge >= 0.3 is 5.97 Å². The van der Waals surface area contributed by atoms with Crippen molar-refractivity contribution in [3.8, 4) is 0 Å². The Hall–Kier alpha value is -0.556. The lowest BCUT2D eigenvalue weighted by atomic mass is 10.1. The molecule has 138 valence electrons. The number of carbonyl (C=O) groups is 1. The van der Waals surface area contributed by atoms with Crippen molar-refractivity contribution in [1.82, 2.24) is 0 Å². The second-order valence-electron chi connectivity index (χ2n) is 6.47. The van der Waals surface area contributed by atoms with Gasteiger partial charge in [0, 0.05) is 22.2 Å². The highest BCUT2D eigenvalue weighted by Gasteiger charge is 2.23. The van der Waals surface area contributed by atoms with E-state index < -0.39 is 33.7 Å². The van der Waals surface area contributed by atoms with Crippen LogP contribution in [0.4, 0.5) is 0 Å². The number of rotatable bonds is 9. The molecular formula is C14H33NO6Si2. The Balaban J connectivity index is 0. The fraction of sp³-hybridized carbons (Fsp3) is 0.786. The third kappa shape index (κ3) is 13.6. The van der Waals surface area contributed by atoms with E-state index >= 15 is 0 Å². The van der Waals surface area contributed by atoms with E-state index in [0.717, 1.165) is 22.7 Å². The van der Waals surface area contributed by atoms with Crippen LogP contribution in [-0.2, 0) is 14.0 Å². The summed E-state index contributed by atoms with van der Waals surface area (Å²) in [6, 6.07) is 1.07. The Morgan fingerprint density at radius 2 is 1.70 bits per heavy atom. The Bertz CT molecular complexity index is 347. The Morgan fingerprint density at radius 1 is 1.26 bits per heavy atom. The van der Waals surface area contributed by atoms with Crippen LogP contribution >= 0.6 is 0 Å². The molecule has 0 spiro atoms. The van der Waals surface area contributed by atoms with E-state index in [9.17, 15) is 4.79 Å². The van der Waals surface area contributed by atoms with Crippen LogP contribution in [0.2, 0.25) is 25.7 Å². The quantitative estimate of drug-likeness (QED) is 0.181. The molecule has 0 aliphatic rings. The molecule has 0 bridgehead atoms. The molecule has 0 aromatic heterocycles. The minimum atomic E-state index is -1.65. The van der Waals surface area contributed by atoms with Gasteiger partial charge in [-0.05, 0) is 26.6 Å². The van der Waals surface area contributed by atoms with Gasteiger partial charge < -0.3 is 30.2 Å². The van der Waals surface area contributed by atoms with Gasteiger partial charge in [-0.3, -0.25) is 0 Å². The fourth-order valence-corrected chi connectivity index (χ4v) is 2.57. The van der Waals surface area contributed by atoms with Crippen molar-refractivity contribution in [1.29, 1.82) is 0 Å². The predicted octanol–water partition coefficient (Wildman–Crippen LogP) is -0.882. The summed E-state index contributed by atoms with van der Waals surface area (Å²) < 4.78 is 11.0. The maximum atomic E-state index is 11.3. The summed E-state index contributed by atoms with van der Waals surface area (Å²) in [6.45, 7) is 10.2. The molecular weight excluding hydrogens is 334 g/mol. The Kier molecular flexibility index (Phi) is 12.8. The van der Waals surface area contributed by atoms with Crippen molar-refractivity contribution in [3.05, 3.63) is 12.2 Å². The van der Waals surface area contributed by atoms with Crippen molar-refractivity contribution in [2.45, 2.75) is 50.9 Å². The first-order valence-electron chi connectivity index (χ1n) is 7.60. The summed E-state index contributed by atoms with van der Waals surface area (Å²) in [7, 11) is -0.554. The van der Waals surface area contributed by atoms with Gasteiger partial charge in [0.1, 0.15) is 0 Å². The zero-order valence-corrected chi connectivity index (χ0v) is 18.0. The third-order valence-corrected chi connectivity index (χ3v) is 4.09. The van der Waals surface area contributed by atoms with Crippen LogP contribution in [-0.4, -0.2) is 71.5 Å². The van der Waals surface area contributed by atoms with Crippen molar-refractivity contribution < 1.29 is 29.3 Å². The van der Waals surface area contributed by atoms with Crippen molar-refractivity contribution >= 4 is 24.5 Å². The number of aliphatic hydroxyl groups excluding tert-OH is 3. The highest BCUT2D eigenvalue weighted by atomic mass is 28.4. The highest BCUT2D eigenvalue weighted by Crippen LogP contribution is 2.13. The lowest BCUT2D eigenvalue weighted by Crippen LogP contribution is -2.50. The number of esters is 1. The first-order chi connectivity index (χ1) is 10.4. The average Bonchev–Trinajstić information content (AvgIpc) is 2.45. The number of aliphatic hydroxyl groups is 3. The maximum Gasteiger partial charge on any atom is 0.335 e. The SMILES string of the molecule is C=C(C)C(=O)OC(CC[SiH3])O[Si](C)(C)C.NC(CO)(CO)CO. The van der Waals surface area contributed by atoms with E-state index in [4.69, 9.17) is 30.2 Å². The van der Waals surface area contributed by atoms with Gasteiger partial charge in [0.2, 0.25) is 0 Å². The number of nitrogens with two attached hydrogens (primary N) is 1. The standard InChI is InChI=1S/C10H22O3Si2.C4H11NO3/c1-8(2)10(11)12-9(6-7-14)13-15(3,4)5;5-4(1-6,2-7)3-8/h9H,1,6-7H2,2-5,14H3;6-8H,1-3,5H2. The van der Waals surface area contributed by atoms with Gasteiger partial charge in [-0.25, -0.2) is 4.79 Å². The second kappa shape index (κ2) is 11.9. The first kappa shape index (κ1) is 24.7. The minimum Gasteiger partial charge on any atom is -0.433 e. The van der Waals surface area contributed by atoms with E-state index in [0.29, 0.717) is 5.57 Å². The predicted molar refractivity (Wildman–Crippen MR) is 96.7 cm³/mol. The minimum absolute atomic E-state index is 0.353. The van der Waals surface area contributed by atoms with Gasteiger partial charge in [0.15, 0.2) is 14.6 Å². The van der Waals surface area contributed by atoms with Crippen molar-refractivity contribution in [2.75, 3.05) is 19.8 Å². The second-order valence-corrected chi connectivity index (χ2v) is 11.9. The van der Waals surface area contributed by atoms with Gasteiger partial charge in [0.05, 0.1) is 25.4 Å².